The van der Waals surface area contributed by atoms with E-state index in [1.165, 1.54) is 17.1 Å². The molecule has 214 valence electrons. The van der Waals surface area contributed by atoms with Crippen LogP contribution < -0.4 is 20.9 Å². The van der Waals surface area contributed by atoms with Crippen LogP contribution in [0.4, 0.5) is 16.2 Å². The van der Waals surface area contributed by atoms with Crippen molar-refractivity contribution in [1.82, 2.24) is 19.7 Å². The highest BCUT2D eigenvalue weighted by molar-refractivity contribution is 6.39. The van der Waals surface area contributed by atoms with Crippen molar-refractivity contribution in [3.05, 3.63) is 86.9 Å². The van der Waals surface area contributed by atoms with Crippen molar-refractivity contribution >= 4 is 40.6 Å². The van der Waals surface area contributed by atoms with Gasteiger partial charge in [0, 0.05) is 31.0 Å². The predicted molar refractivity (Wildman–Crippen MR) is 165 cm³/mol. The molecule has 4 aromatic rings. The highest BCUT2D eigenvalue weighted by atomic mass is 35.5. The second-order valence-corrected chi connectivity index (χ2v) is 10.5. The van der Waals surface area contributed by atoms with Gasteiger partial charge in [-0.1, -0.05) is 48.3 Å². The summed E-state index contributed by atoms with van der Waals surface area (Å²) in [7, 11) is 4.06. The lowest BCUT2D eigenvalue weighted by Gasteiger charge is -2.15. The molecule has 2 N–H and O–H groups in total. The summed E-state index contributed by atoms with van der Waals surface area (Å²) in [5.41, 5.74) is 4.22. The molecule has 0 aliphatic heterocycles. The van der Waals surface area contributed by atoms with Crippen LogP contribution in [0, 0.1) is 0 Å². The Bertz CT molecular complexity index is 1590. The van der Waals surface area contributed by atoms with Crippen LogP contribution in [0.5, 0.6) is 5.75 Å². The zero-order valence-electron chi connectivity index (χ0n) is 23.4. The van der Waals surface area contributed by atoms with Gasteiger partial charge in [0.15, 0.2) is 0 Å². The van der Waals surface area contributed by atoms with Crippen molar-refractivity contribution in [2.75, 3.05) is 31.3 Å². The van der Waals surface area contributed by atoms with E-state index in [2.05, 4.69) is 44.7 Å². The lowest BCUT2D eigenvalue weighted by molar-refractivity contribution is 0.262. The van der Waals surface area contributed by atoms with E-state index < -0.39 is 11.6 Å². The van der Waals surface area contributed by atoms with Gasteiger partial charge in [0.1, 0.15) is 11.4 Å². The third-order valence-corrected chi connectivity index (χ3v) is 6.62. The summed E-state index contributed by atoms with van der Waals surface area (Å²) in [5.74, 6) is 0.816. The molecule has 0 saturated carbocycles. The first-order valence-electron chi connectivity index (χ1n) is 13.2. The fraction of sp³-hybridized carbons (Fsp3) is 0.267. The normalized spacial score (nSPS) is 11.0. The highest BCUT2D eigenvalue weighted by Crippen LogP contribution is 2.31. The smallest absolute Gasteiger partial charge is 0.323 e. The molecule has 0 unspecified atom stereocenters. The maximum Gasteiger partial charge on any atom is 0.323 e. The monoisotopic (exact) mass is 594 g/mol. The molecule has 11 heteroatoms. The van der Waals surface area contributed by atoms with Gasteiger partial charge >= 0.3 is 6.03 Å². The Morgan fingerprint density at radius 1 is 0.976 bits per heavy atom. The number of nitrogens with zero attached hydrogens (tertiary/aromatic N) is 4. The molecule has 0 radical (unpaired) electrons. The van der Waals surface area contributed by atoms with Crippen LogP contribution in [0.3, 0.4) is 0 Å². The summed E-state index contributed by atoms with van der Waals surface area (Å²) in [6.45, 7) is 5.60. The summed E-state index contributed by atoms with van der Waals surface area (Å²) < 4.78 is 7.28. The molecule has 0 spiro atoms. The zero-order chi connectivity index (χ0) is 29.5. The van der Waals surface area contributed by atoms with E-state index in [4.69, 9.17) is 27.9 Å². The molecule has 0 atom stereocenters. The number of halogens is 2. The minimum absolute atomic E-state index is 0.0595. The van der Waals surface area contributed by atoms with Gasteiger partial charge in [0.25, 0.3) is 5.56 Å². The Balaban J connectivity index is 1.69. The largest absolute Gasteiger partial charge is 0.494 e. The number of carbonyl (C=O) groups excluding carboxylic acids is 1. The van der Waals surface area contributed by atoms with Gasteiger partial charge in [0.05, 0.1) is 28.0 Å². The van der Waals surface area contributed by atoms with Crippen molar-refractivity contribution in [2.45, 2.75) is 33.4 Å². The number of aromatic nitrogens is 3. The van der Waals surface area contributed by atoms with E-state index in [0.717, 1.165) is 41.0 Å². The van der Waals surface area contributed by atoms with Crippen molar-refractivity contribution < 1.29 is 9.53 Å². The van der Waals surface area contributed by atoms with Crippen LogP contribution in [0.2, 0.25) is 10.0 Å². The standard InChI is InChI=1S/C30H32Cl2N6O3/c1-5-10-41-23-12-19(18-37(3)4)11-22(14-23)20-8-7-9-21(13-20)26-15-27(29(39)38(6-2)36-26)34-30(40)35-28-24(31)16-33-17-25(28)32/h7-9,11-17H,5-6,10,18H2,1-4H3,(H2,33,34,35,40). The lowest BCUT2D eigenvalue weighted by Crippen LogP contribution is -2.29. The van der Waals surface area contributed by atoms with Crippen molar-refractivity contribution in [2.24, 2.45) is 0 Å². The maximum absolute atomic E-state index is 13.0. The summed E-state index contributed by atoms with van der Waals surface area (Å²) in [6, 6.07) is 15.0. The summed E-state index contributed by atoms with van der Waals surface area (Å²) >= 11 is 12.2. The zero-order valence-corrected chi connectivity index (χ0v) is 24.9. The fourth-order valence-electron chi connectivity index (χ4n) is 4.23. The molecule has 0 aliphatic carbocycles. The summed E-state index contributed by atoms with van der Waals surface area (Å²) in [5, 5.41) is 10.1. The van der Waals surface area contributed by atoms with Crippen LogP contribution in [0.25, 0.3) is 22.4 Å². The van der Waals surface area contributed by atoms with Gasteiger partial charge in [-0.3, -0.25) is 9.78 Å². The molecule has 41 heavy (non-hydrogen) atoms. The molecule has 2 amide bonds. The van der Waals surface area contributed by atoms with E-state index in [-0.39, 0.29) is 21.4 Å². The van der Waals surface area contributed by atoms with E-state index in [9.17, 15) is 9.59 Å². The molecule has 2 aromatic carbocycles. The average Bonchev–Trinajstić information content (AvgIpc) is 2.94. The molecule has 0 aliphatic rings. The Morgan fingerprint density at radius 2 is 1.71 bits per heavy atom. The Labute approximate surface area is 249 Å². The third kappa shape index (κ3) is 7.64. The number of aryl methyl sites for hydroxylation is 1. The van der Waals surface area contributed by atoms with Crippen LogP contribution >= 0.6 is 23.2 Å². The number of hydrogen-bond acceptors (Lipinski definition) is 6. The molecule has 4 rings (SSSR count). The molecule has 2 heterocycles. The number of anilines is 2. The van der Waals surface area contributed by atoms with Gasteiger partial charge < -0.3 is 20.3 Å². The molecule has 2 aromatic heterocycles. The van der Waals surface area contributed by atoms with Gasteiger partial charge in [-0.25, -0.2) is 9.48 Å². The Morgan fingerprint density at radius 3 is 2.39 bits per heavy atom. The van der Waals surface area contributed by atoms with Gasteiger partial charge in [-0.2, -0.15) is 5.10 Å². The Hall–Kier alpha value is -3.92. The third-order valence-electron chi connectivity index (χ3n) is 6.04. The lowest BCUT2D eigenvalue weighted by atomic mass is 9.99. The number of benzene rings is 2. The van der Waals surface area contributed by atoms with E-state index in [1.54, 1.807) is 6.07 Å². The van der Waals surface area contributed by atoms with E-state index in [1.807, 2.05) is 51.4 Å². The molecule has 0 saturated heterocycles. The van der Waals surface area contributed by atoms with Gasteiger partial charge in [-0.15, -0.1) is 0 Å². The number of carbonyl (C=O) groups is 1. The topological polar surface area (TPSA) is 101 Å². The van der Waals surface area contributed by atoms with Crippen molar-refractivity contribution in [1.29, 1.82) is 0 Å². The number of pyridine rings is 1. The number of ether oxygens (including phenoxy) is 1. The number of hydrogen-bond donors (Lipinski definition) is 2. The number of rotatable bonds is 10. The first kappa shape index (κ1) is 30.0. The van der Waals surface area contributed by atoms with E-state index in [0.29, 0.717) is 18.8 Å². The number of amides is 2. The van der Waals surface area contributed by atoms with Gasteiger partial charge in [0.2, 0.25) is 0 Å². The molecule has 0 fully saturated rings. The van der Waals surface area contributed by atoms with Crippen molar-refractivity contribution in [3.63, 3.8) is 0 Å². The highest BCUT2D eigenvalue weighted by Gasteiger charge is 2.15. The van der Waals surface area contributed by atoms with Gasteiger partial charge in [-0.05, 0) is 74.5 Å². The summed E-state index contributed by atoms with van der Waals surface area (Å²) in [6.07, 6.45) is 3.64. The minimum atomic E-state index is -0.678. The summed E-state index contributed by atoms with van der Waals surface area (Å²) in [4.78, 5) is 31.8. The predicted octanol–water partition coefficient (Wildman–Crippen LogP) is 6.79. The first-order valence-corrected chi connectivity index (χ1v) is 14.0. The number of urea groups is 1. The van der Waals surface area contributed by atoms with Crippen LogP contribution in [0.1, 0.15) is 25.8 Å². The molecular weight excluding hydrogens is 563 g/mol. The fourth-order valence-corrected chi connectivity index (χ4v) is 4.69. The van der Waals surface area contributed by atoms with Crippen LogP contribution in [0.15, 0.2) is 65.7 Å². The van der Waals surface area contributed by atoms with Crippen molar-refractivity contribution in [3.8, 4) is 28.1 Å². The van der Waals surface area contributed by atoms with E-state index >= 15 is 0 Å². The second-order valence-electron chi connectivity index (χ2n) is 9.65. The quantitative estimate of drug-likeness (QED) is 0.209. The maximum atomic E-state index is 13.0. The molecule has 9 nitrogen and oxygen atoms in total. The molecule has 0 bridgehead atoms. The minimum Gasteiger partial charge on any atom is -0.494 e. The SMILES string of the molecule is CCCOc1cc(CN(C)C)cc(-c2cccc(-c3cc(NC(=O)Nc4c(Cl)cncc4Cl)c(=O)n(CC)n3)c2)c1. The Kier molecular flexibility index (Phi) is 9.99. The molecular formula is C30H32Cl2N6O3. The average molecular weight is 596 g/mol. The first-order chi connectivity index (χ1) is 19.7. The van der Waals surface area contributed by atoms with Crippen LogP contribution in [-0.4, -0.2) is 46.4 Å². The van der Waals surface area contributed by atoms with Crippen LogP contribution in [-0.2, 0) is 13.1 Å². The number of nitrogens with one attached hydrogen (secondary N) is 2. The second kappa shape index (κ2) is 13.6.